The fourth-order valence-corrected chi connectivity index (χ4v) is 3.69. The summed E-state index contributed by atoms with van der Waals surface area (Å²) in [6.07, 6.45) is 1.42. The van der Waals surface area contributed by atoms with Gasteiger partial charge in [0.1, 0.15) is 0 Å². The predicted octanol–water partition coefficient (Wildman–Crippen LogP) is 4.60. The highest BCUT2D eigenvalue weighted by Crippen LogP contribution is 2.36. The van der Waals surface area contributed by atoms with E-state index < -0.39 is 3.49 Å². The molecule has 68 valence electrons. The molecule has 0 amide bonds. The van der Waals surface area contributed by atoms with Gasteiger partial charge in [-0.3, -0.25) is 0 Å². The summed E-state index contributed by atoms with van der Waals surface area (Å²) in [6, 6.07) is 0. The molecule has 0 heterocycles. The highest BCUT2D eigenvalue weighted by Gasteiger charge is 2.25. The predicted molar refractivity (Wildman–Crippen MR) is 58.5 cm³/mol. The Labute approximate surface area is 92.7 Å². The molecular formula is C7H12Br3F. The van der Waals surface area contributed by atoms with E-state index in [1.54, 1.807) is 0 Å². The van der Waals surface area contributed by atoms with Crippen LogP contribution in [0.25, 0.3) is 0 Å². The van der Waals surface area contributed by atoms with E-state index in [-0.39, 0.29) is 4.83 Å². The number of hydrogen-bond acceptors (Lipinski definition) is 0. The van der Waals surface area contributed by atoms with Crippen LogP contribution < -0.4 is 0 Å². The van der Waals surface area contributed by atoms with E-state index in [1.807, 2.05) is 0 Å². The van der Waals surface area contributed by atoms with Crippen molar-refractivity contribution in [2.24, 2.45) is 5.92 Å². The molecule has 0 rings (SSSR count). The fraction of sp³-hybridized carbons (Fsp3) is 1.00. The van der Waals surface area contributed by atoms with Crippen molar-refractivity contribution in [2.45, 2.75) is 35.0 Å². The molecule has 0 radical (unpaired) electrons. The summed E-state index contributed by atoms with van der Waals surface area (Å²) in [5.74, 6) is 0.599. The van der Waals surface area contributed by atoms with Crippen molar-refractivity contribution >= 4 is 47.8 Å². The Balaban J connectivity index is 3.61. The van der Waals surface area contributed by atoms with Gasteiger partial charge >= 0.3 is 0 Å². The summed E-state index contributed by atoms with van der Waals surface area (Å²) in [5.41, 5.74) is 0. The minimum atomic E-state index is -1.41. The molecule has 0 N–H and O–H groups in total. The summed E-state index contributed by atoms with van der Waals surface area (Å²) in [4.78, 5) is 0.228. The molecule has 0 saturated carbocycles. The first kappa shape index (κ1) is 12.4. The Hall–Kier alpha value is 1.37. The van der Waals surface area contributed by atoms with E-state index in [0.717, 1.165) is 6.42 Å². The number of alkyl halides is 4. The van der Waals surface area contributed by atoms with Crippen LogP contribution in [-0.2, 0) is 0 Å². The second kappa shape index (κ2) is 5.18. The fourth-order valence-electron chi connectivity index (χ4n) is 0.846. The zero-order chi connectivity index (χ0) is 9.07. The minimum absolute atomic E-state index is 0.228. The first-order chi connectivity index (χ1) is 4.81. The molecule has 4 heteroatoms. The van der Waals surface area contributed by atoms with Crippen molar-refractivity contribution in [3.63, 3.8) is 0 Å². The van der Waals surface area contributed by atoms with Gasteiger partial charge in [0.15, 0.2) is 0 Å². The summed E-state index contributed by atoms with van der Waals surface area (Å²) in [5, 5.41) is 0. The summed E-state index contributed by atoms with van der Waals surface area (Å²) >= 11 is 9.19. The van der Waals surface area contributed by atoms with Gasteiger partial charge in [-0.25, -0.2) is 4.39 Å². The van der Waals surface area contributed by atoms with Gasteiger partial charge in [0.2, 0.25) is 3.49 Å². The van der Waals surface area contributed by atoms with E-state index in [0.29, 0.717) is 12.3 Å². The third-order valence-electron chi connectivity index (χ3n) is 1.18. The third-order valence-corrected chi connectivity index (χ3v) is 2.53. The molecule has 1 unspecified atom stereocenters. The van der Waals surface area contributed by atoms with Gasteiger partial charge in [0.25, 0.3) is 0 Å². The molecule has 0 aromatic carbocycles. The molecule has 0 spiro atoms. The Morgan fingerprint density at radius 1 is 1.36 bits per heavy atom. The van der Waals surface area contributed by atoms with Crippen molar-refractivity contribution in [1.29, 1.82) is 0 Å². The molecule has 0 nitrogen and oxygen atoms in total. The third kappa shape index (κ3) is 9.28. The molecule has 11 heavy (non-hydrogen) atoms. The summed E-state index contributed by atoms with van der Waals surface area (Å²) < 4.78 is 11.5. The lowest BCUT2D eigenvalue weighted by molar-refractivity contribution is 0.390. The topological polar surface area (TPSA) is 0 Å². The van der Waals surface area contributed by atoms with Crippen molar-refractivity contribution in [1.82, 2.24) is 0 Å². The van der Waals surface area contributed by atoms with Crippen molar-refractivity contribution in [3.05, 3.63) is 0 Å². The average Bonchev–Trinajstić information content (AvgIpc) is 1.53. The van der Waals surface area contributed by atoms with Crippen LogP contribution >= 0.6 is 47.8 Å². The van der Waals surface area contributed by atoms with Crippen LogP contribution in [0.15, 0.2) is 0 Å². The molecule has 0 fully saturated rings. The summed E-state index contributed by atoms with van der Waals surface area (Å²) in [7, 11) is 0. The highest BCUT2D eigenvalue weighted by atomic mass is 79.9. The molecule has 0 aliphatic carbocycles. The number of hydrogen-bond donors (Lipinski definition) is 0. The van der Waals surface area contributed by atoms with E-state index in [1.165, 1.54) is 0 Å². The average molecular weight is 355 g/mol. The first-order valence-electron chi connectivity index (χ1n) is 3.52. The van der Waals surface area contributed by atoms with Gasteiger partial charge < -0.3 is 0 Å². The van der Waals surface area contributed by atoms with Crippen LogP contribution in [0.4, 0.5) is 4.39 Å². The van der Waals surface area contributed by atoms with Crippen LogP contribution in [-0.4, -0.2) is 8.31 Å². The van der Waals surface area contributed by atoms with E-state index in [4.69, 9.17) is 0 Å². The van der Waals surface area contributed by atoms with Crippen LogP contribution in [0.2, 0.25) is 0 Å². The maximum atomic E-state index is 12.9. The van der Waals surface area contributed by atoms with Crippen LogP contribution in [0.3, 0.4) is 0 Å². The molecule has 1 atom stereocenters. The minimum Gasteiger partial charge on any atom is -0.219 e. The molecule has 0 aromatic rings. The smallest absolute Gasteiger partial charge is 0.219 e. The zero-order valence-corrected chi connectivity index (χ0v) is 11.3. The monoisotopic (exact) mass is 352 g/mol. The standard InChI is InChI=1S/C7H12Br3F/c1-5(2)3-6(8)4-7(9,10)11/h5-6H,3-4H2,1-2H3. The van der Waals surface area contributed by atoms with Crippen LogP contribution in [0, 0.1) is 5.92 Å². The Kier molecular flexibility index (Phi) is 5.82. The number of rotatable bonds is 4. The van der Waals surface area contributed by atoms with Gasteiger partial charge in [-0.1, -0.05) is 29.8 Å². The normalized spacial score (nSPS) is 15.5. The van der Waals surface area contributed by atoms with Crippen LogP contribution in [0.1, 0.15) is 26.7 Å². The van der Waals surface area contributed by atoms with Gasteiger partial charge in [0, 0.05) is 11.2 Å². The van der Waals surface area contributed by atoms with Gasteiger partial charge in [-0.05, 0) is 44.2 Å². The Morgan fingerprint density at radius 2 is 1.82 bits per heavy atom. The molecule has 0 bridgehead atoms. The maximum Gasteiger partial charge on any atom is 0.220 e. The second-order valence-electron chi connectivity index (χ2n) is 3.05. The molecule has 0 saturated heterocycles. The molecule has 0 aliphatic rings. The van der Waals surface area contributed by atoms with Crippen LogP contribution in [0.5, 0.6) is 0 Å². The lowest BCUT2D eigenvalue weighted by Gasteiger charge is -2.16. The second-order valence-corrected chi connectivity index (χ2v) is 7.92. The molecule has 0 aromatic heterocycles. The largest absolute Gasteiger partial charge is 0.220 e. The van der Waals surface area contributed by atoms with Crippen molar-refractivity contribution in [2.75, 3.05) is 0 Å². The lowest BCUT2D eigenvalue weighted by Crippen LogP contribution is -2.13. The number of halogens is 4. The van der Waals surface area contributed by atoms with Gasteiger partial charge in [0.05, 0.1) is 0 Å². The van der Waals surface area contributed by atoms with E-state index in [9.17, 15) is 4.39 Å². The SMILES string of the molecule is CC(C)CC(Br)CC(F)(Br)Br. The maximum absolute atomic E-state index is 12.9. The molecule has 0 aliphatic heterocycles. The lowest BCUT2D eigenvalue weighted by atomic mass is 10.1. The summed E-state index contributed by atoms with van der Waals surface area (Å²) in [6.45, 7) is 4.24. The van der Waals surface area contributed by atoms with Gasteiger partial charge in [-0.2, -0.15) is 0 Å². The molecular weight excluding hydrogens is 343 g/mol. The van der Waals surface area contributed by atoms with E-state index in [2.05, 4.69) is 61.6 Å². The Bertz CT molecular complexity index is 109. The van der Waals surface area contributed by atoms with Crippen molar-refractivity contribution in [3.8, 4) is 0 Å². The quantitative estimate of drug-likeness (QED) is 0.647. The van der Waals surface area contributed by atoms with E-state index >= 15 is 0 Å². The zero-order valence-electron chi connectivity index (χ0n) is 6.58. The first-order valence-corrected chi connectivity index (χ1v) is 6.02. The van der Waals surface area contributed by atoms with Crippen molar-refractivity contribution < 1.29 is 4.39 Å². The Morgan fingerprint density at radius 3 is 2.09 bits per heavy atom. The van der Waals surface area contributed by atoms with Gasteiger partial charge in [-0.15, -0.1) is 0 Å². The highest BCUT2D eigenvalue weighted by molar-refractivity contribution is 9.25.